The van der Waals surface area contributed by atoms with Crippen LogP contribution in [0.4, 0.5) is 4.39 Å². The maximum atomic E-state index is 13.2. The van der Waals surface area contributed by atoms with Gasteiger partial charge in [0.15, 0.2) is 0 Å². The molecule has 1 aromatic rings. The van der Waals surface area contributed by atoms with Crippen LogP contribution in [0.1, 0.15) is 37.7 Å². The van der Waals surface area contributed by atoms with Crippen LogP contribution in [0.2, 0.25) is 0 Å². The van der Waals surface area contributed by atoms with E-state index in [0.717, 1.165) is 25.2 Å². The SMILES string of the molecule is CCCCCN1C[C@@H](N)[C@H](c2cccc(F)c2)C1. The van der Waals surface area contributed by atoms with E-state index in [4.69, 9.17) is 5.73 Å². The van der Waals surface area contributed by atoms with Crippen LogP contribution in [0.3, 0.4) is 0 Å². The monoisotopic (exact) mass is 250 g/mol. The summed E-state index contributed by atoms with van der Waals surface area (Å²) in [6.07, 6.45) is 3.75. The number of rotatable bonds is 5. The Morgan fingerprint density at radius 2 is 2.17 bits per heavy atom. The summed E-state index contributed by atoms with van der Waals surface area (Å²) in [6, 6.07) is 7.01. The number of unbranched alkanes of at least 4 members (excludes halogenated alkanes) is 2. The third-order valence-corrected chi connectivity index (χ3v) is 3.80. The quantitative estimate of drug-likeness (QED) is 0.814. The van der Waals surface area contributed by atoms with E-state index in [9.17, 15) is 4.39 Å². The Balaban J connectivity index is 1.94. The van der Waals surface area contributed by atoms with E-state index >= 15 is 0 Å². The number of halogens is 1. The van der Waals surface area contributed by atoms with Gasteiger partial charge in [0.25, 0.3) is 0 Å². The van der Waals surface area contributed by atoms with Crippen molar-refractivity contribution in [2.75, 3.05) is 19.6 Å². The molecule has 0 spiro atoms. The third-order valence-electron chi connectivity index (χ3n) is 3.80. The molecule has 3 heteroatoms. The first-order chi connectivity index (χ1) is 8.70. The molecule has 1 fully saturated rings. The lowest BCUT2D eigenvalue weighted by molar-refractivity contribution is 0.322. The summed E-state index contributed by atoms with van der Waals surface area (Å²) >= 11 is 0. The van der Waals surface area contributed by atoms with Crippen molar-refractivity contribution in [3.8, 4) is 0 Å². The number of benzene rings is 1. The molecule has 2 rings (SSSR count). The molecule has 18 heavy (non-hydrogen) atoms. The van der Waals surface area contributed by atoms with E-state index in [1.54, 1.807) is 12.1 Å². The summed E-state index contributed by atoms with van der Waals surface area (Å²) in [6.45, 7) is 5.23. The lowest BCUT2D eigenvalue weighted by Gasteiger charge is -2.15. The molecule has 100 valence electrons. The Hall–Kier alpha value is -0.930. The highest BCUT2D eigenvalue weighted by atomic mass is 19.1. The van der Waals surface area contributed by atoms with E-state index in [-0.39, 0.29) is 17.8 Å². The molecule has 2 atom stereocenters. The number of likely N-dealkylation sites (tertiary alicyclic amines) is 1. The zero-order valence-corrected chi connectivity index (χ0v) is 11.1. The van der Waals surface area contributed by atoms with Gasteiger partial charge in [0.1, 0.15) is 5.82 Å². The fourth-order valence-corrected chi connectivity index (χ4v) is 2.77. The number of nitrogens with zero attached hydrogens (tertiary/aromatic N) is 1. The molecule has 0 radical (unpaired) electrons. The Bertz CT molecular complexity index is 381. The third kappa shape index (κ3) is 3.30. The molecule has 0 amide bonds. The fraction of sp³-hybridized carbons (Fsp3) is 0.600. The molecular weight excluding hydrogens is 227 g/mol. The summed E-state index contributed by atoms with van der Waals surface area (Å²) in [5.41, 5.74) is 7.23. The van der Waals surface area contributed by atoms with Gasteiger partial charge in [0.05, 0.1) is 0 Å². The van der Waals surface area contributed by atoms with Gasteiger partial charge in [0.2, 0.25) is 0 Å². The Kier molecular flexibility index (Phi) is 4.72. The molecule has 1 saturated heterocycles. The van der Waals surface area contributed by atoms with Gasteiger partial charge < -0.3 is 10.6 Å². The van der Waals surface area contributed by atoms with Crippen LogP contribution in [-0.4, -0.2) is 30.6 Å². The van der Waals surface area contributed by atoms with Crippen LogP contribution in [-0.2, 0) is 0 Å². The van der Waals surface area contributed by atoms with Gasteiger partial charge in [0, 0.05) is 25.0 Å². The molecule has 1 aliphatic rings. The number of nitrogens with two attached hydrogens (primary N) is 1. The Morgan fingerprint density at radius 1 is 1.33 bits per heavy atom. The number of hydrogen-bond acceptors (Lipinski definition) is 2. The maximum Gasteiger partial charge on any atom is 0.123 e. The van der Waals surface area contributed by atoms with Crippen LogP contribution in [0.15, 0.2) is 24.3 Å². The van der Waals surface area contributed by atoms with Crippen molar-refractivity contribution in [2.24, 2.45) is 5.73 Å². The fourth-order valence-electron chi connectivity index (χ4n) is 2.77. The topological polar surface area (TPSA) is 29.3 Å². The van der Waals surface area contributed by atoms with Crippen molar-refractivity contribution in [3.05, 3.63) is 35.6 Å². The second-order valence-corrected chi connectivity index (χ2v) is 5.29. The predicted molar refractivity (Wildman–Crippen MR) is 73.1 cm³/mol. The van der Waals surface area contributed by atoms with E-state index in [0.29, 0.717) is 0 Å². The molecule has 0 aliphatic carbocycles. The first-order valence-corrected chi connectivity index (χ1v) is 6.94. The molecule has 2 N–H and O–H groups in total. The Labute approximate surface area is 109 Å². The van der Waals surface area contributed by atoms with Crippen LogP contribution >= 0.6 is 0 Å². The lowest BCUT2D eigenvalue weighted by Crippen LogP contribution is -2.29. The Morgan fingerprint density at radius 3 is 2.89 bits per heavy atom. The molecule has 2 nitrogen and oxygen atoms in total. The van der Waals surface area contributed by atoms with Gasteiger partial charge in [-0.2, -0.15) is 0 Å². The summed E-state index contributed by atoms with van der Waals surface area (Å²) in [7, 11) is 0. The minimum absolute atomic E-state index is 0.133. The zero-order valence-electron chi connectivity index (χ0n) is 11.1. The van der Waals surface area contributed by atoms with Gasteiger partial charge >= 0.3 is 0 Å². The van der Waals surface area contributed by atoms with Gasteiger partial charge in [-0.05, 0) is 30.7 Å². The summed E-state index contributed by atoms with van der Waals surface area (Å²) in [4.78, 5) is 2.41. The van der Waals surface area contributed by atoms with Gasteiger partial charge in [-0.15, -0.1) is 0 Å². The second kappa shape index (κ2) is 6.30. The standard InChI is InChI=1S/C15H23FN2/c1-2-3-4-8-18-10-14(15(17)11-18)12-6-5-7-13(16)9-12/h5-7,9,14-15H,2-4,8,10-11,17H2,1H3/t14-,15+/m0/s1. The van der Waals surface area contributed by atoms with Crippen molar-refractivity contribution in [3.63, 3.8) is 0 Å². The maximum absolute atomic E-state index is 13.2. The summed E-state index contributed by atoms with van der Waals surface area (Å²) in [5.74, 6) is 0.117. The number of hydrogen-bond donors (Lipinski definition) is 1. The van der Waals surface area contributed by atoms with E-state index < -0.39 is 0 Å². The highest BCUT2D eigenvalue weighted by molar-refractivity contribution is 5.24. The minimum atomic E-state index is -0.163. The van der Waals surface area contributed by atoms with Crippen molar-refractivity contribution < 1.29 is 4.39 Å². The molecule has 0 aromatic heterocycles. The van der Waals surface area contributed by atoms with Gasteiger partial charge in [-0.3, -0.25) is 0 Å². The average Bonchev–Trinajstić information content (AvgIpc) is 2.71. The molecule has 0 bridgehead atoms. The lowest BCUT2D eigenvalue weighted by atomic mass is 9.95. The first kappa shape index (κ1) is 13.5. The largest absolute Gasteiger partial charge is 0.326 e. The molecule has 0 saturated carbocycles. The van der Waals surface area contributed by atoms with Gasteiger partial charge in [-0.1, -0.05) is 31.9 Å². The average molecular weight is 250 g/mol. The van der Waals surface area contributed by atoms with Crippen LogP contribution in [0, 0.1) is 5.82 Å². The zero-order chi connectivity index (χ0) is 13.0. The summed E-state index contributed by atoms with van der Waals surface area (Å²) in [5, 5.41) is 0. The predicted octanol–water partition coefficient (Wildman–Crippen LogP) is 2.74. The molecule has 1 heterocycles. The highest BCUT2D eigenvalue weighted by Crippen LogP contribution is 2.27. The first-order valence-electron chi connectivity index (χ1n) is 6.94. The van der Waals surface area contributed by atoms with E-state index in [1.807, 2.05) is 6.07 Å². The van der Waals surface area contributed by atoms with E-state index in [2.05, 4.69) is 11.8 Å². The molecule has 0 unspecified atom stereocenters. The summed E-state index contributed by atoms with van der Waals surface area (Å²) < 4.78 is 13.2. The highest BCUT2D eigenvalue weighted by Gasteiger charge is 2.30. The van der Waals surface area contributed by atoms with Crippen LogP contribution < -0.4 is 5.73 Å². The van der Waals surface area contributed by atoms with E-state index in [1.165, 1.54) is 25.3 Å². The van der Waals surface area contributed by atoms with Crippen molar-refractivity contribution in [1.29, 1.82) is 0 Å². The van der Waals surface area contributed by atoms with Crippen molar-refractivity contribution in [2.45, 2.75) is 38.1 Å². The smallest absolute Gasteiger partial charge is 0.123 e. The molecular formula is C15H23FN2. The van der Waals surface area contributed by atoms with Crippen LogP contribution in [0.25, 0.3) is 0 Å². The van der Waals surface area contributed by atoms with Crippen molar-refractivity contribution >= 4 is 0 Å². The minimum Gasteiger partial charge on any atom is -0.326 e. The molecule has 1 aliphatic heterocycles. The van der Waals surface area contributed by atoms with Crippen molar-refractivity contribution in [1.82, 2.24) is 4.90 Å². The van der Waals surface area contributed by atoms with Crippen LogP contribution in [0.5, 0.6) is 0 Å². The van der Waals surface area contributed by atoms with Gasteiger partial charge in [-0.25, -0.2) is 4.39 Å². The molecule has 1 aromatic carbocycles. The second-order valence-electron chi connectivity index (χ2n) is 5.29. The normalized spacial score (nSPS) is 24.6.